The molecule has 0 aliphatic rings. The van der Waals surface area contributed by atoms with Crippen LogP contribution in [0.1, 0.15) is 6.92 Å². The summed E-state index contributed by atoms with van der Waals surface area (Å²) in [5, 5.41) is 2.07. The minimum Gasteiger partial charge on any atom is -0.397 e. The van der Waals surface area contributed by atoms with Crippen LogP contribution in [0, 0.1) is 0 Å². The molecule has 0 amide bonds. The SMILES string of the molecule is C[C@H](N)C(=O)Oc1nccs1. The smallest absolute Gasteiger partial charge is 0.329 e. The molecule has 2 N–H and O–H groups in total. The van der Waals surface area contributed by atoms with E-state index in [9.17, 15) is 4.79 Å². The van der Waals surface area contributed by atoms with Crippen molar-refractivity contribution in [1.29, 1.82) is 0 Å². The number of rotatable bonds is 2. The number of aromatic nitrogens is 1. The molecular formula is C6H8N2O2S. The van der Waals surface area contributed by atoms with Crippen LogP contribution in [0.2, 0.25) is 0 Å². The van der Waals surface area contributed by atoms with Gasteiger partial charge in [-0.2, -0.15) is 0 Å². The molecule has 0 aliphatic carbocycles. The molecule has 0 saturated carbocycles. The largest absolute Gasteiger partial charge is 0.397 e. The molecular weight excluding hydrogens is 164 g/mol. The number of nitrogens with two attached hydrogens (primary N) is 1. The topological polar surface area (TPSA) is 65.2 Å². The first-order chi connectivity index (χ1) is 5.20. The van der Waals surface area contributed by atoms with Gasteiger partial charge in [0.1, 0.15) is 6.04 Å². The Morgan fingerprint density at radius 1 is 1.91 bits per heavy atom. The fraction of sp³-hybridized carbons (Fsp3) is 0.333. The van der Waals surface area contributed by atoms with Crippen LogP contribution in [0.3, 0.4) is 0 Å². The van der Waals surface area contributed by atoms with E-state index in [1.165, 1.54) is 11.3 Å². The summed E-state index contributed by atoms with van der Waals surface area (Å²) in [5.74, 6) is -0.458. The molecule has 0 radical (unpaired) electrons. The van der Waals surface area contributed by atoms with E-state index in [-0.39, 0.29) is 0 Å². The zero-order valence-corrected chi connectivity index (χ0v) is 6.80. The first kappa shape index (κ1) is 8.16. The Hall–Kier alpha value is -0.940. The molecule has 1 heterocycles. The van der Waals surface area contributed by atoms with Crippen molar-refractivity contribution in [2.45, 2.75) is 13.0 Å². The Morgan fingerprint density at radius 3 is 3.09 bits per heavy atom. The van der Waals surface area contributed by atoms with E-state index in [0.717, 1.165) is 0 Å². The van der Waals surface area contributed by atoms with Gasteiger partial charge in [-0.25, -0.2) is 9.78 Å². The molecule has 1 rings (SSSR count). The Morgan fingerprint density at radius 2 is 2.64 bits per heavy atom. The van der Waals surface area contributed by atoms with Gasteiger partial charge in [-0.15, -0.1) is 0 Å². The summed E-state index contributed by atoms with van der Waals surface area (Å²) in [6.45, 7) is 1.57. The lowest BCUT2D eigenvalue weighted by atomic mass is 10.4. The van der Waals surface area contributed by atoms with E-state index < -0.39 is 12.0 Å². The minimum absolute atomic E-state index is 0.340. The van der Waals surface area contributed by atoms with E-state index in [2.05, 4.69) is 4.98 Å². The molecule has 1 atom stereocenters. The molecule has 1 aromatic rings. The molecule has 11 heavy (non-hydrogen) atoms. The molecule has 0 saturated heterocycles. The third-order valence-electron chi connectivity index (χ3n) is 0.969. The highest BCUT2D eigenvalue weighted by atomic mass is 32.1. The second-order valence-corrected chi connectivity index (χ2v) is 2.86. The predicted molar refractivity (Wildman–Crippen MR) is 41.4 cm³/mol. The van der Waals surface area contributed by atoms with Gasteiger partial charge in [-0.1, -0.05) is 11.3 Å². The molecule has 4 nitrogen and oxygen atoms in total. The van der Waals surface area contributed by atoms with Crippen LogP contribution in [-0.2, 0) is 4.79 Å². The van der Waals surface area contributed by atoms with Gasteiger partial charge in [0.25, 0.3) is 5.19 Å². The fourth-order valence-electron chi connectivity index (χ4n) is 0.440. The number of carbonyl (C=O) groups excluding carboxylic acids is 1. The van der Waals surface area contributed by atoms with Crippen LogP contribution < -0.4 is 10.5 Å². The van der Waals surface area contributed by atoms with Crippen LogP contribution in [0.5, 0.6) is 5.19 Å². The number of hydrogen-bond donors (Lipinski definition) is 1. The van der Waals surface area contributed by atoms with Gasteiger partial charge in [-0.05, 0) is 6.92 Å². The van der Waals surface area contributed by atoms with Gasteiger partial charge in [-0.3, -0.25) is 0 Å². The maximum Gasteiger partial charge on any atom is 0.329 e. The maximum absolute atomic E-state index is 10.8. The van der Waals surface area contributed by atoms with Crippen molar-refractivity contribution in [2.75, 3.05) is 0 Å². The Bertz CT molecular complexity index is 233. The highest BCUT2D eigenvalue weighted by Gasteiger charge is 2.10. The van der Waals surface area contributed by atoms with Gasteiger partial charge in [0, 0.05) is 11.6 Å². The second kappa shape index (κ2) is 3.45. The van der Waals surface area contributed by atoms with Crippen LogP contribution in [0.4, 0.5) is 0 Å². The van der Waals surface area contributed by atoms with Gasteiger partial charge in [0.2, 0.25) is 0 Å². The second-order valence-electron chi connectivity index (χ2n) is 2.01. The number of carbonyl (C=O) groups is 1. The average Bonchev–Trinajstić information content (AvgIpc) is 2.39. The molecule has 0 unspecified atom stereocenters. The molecule has 0 aromatic carbocycles. The third kappa shape index (κ3) is 2.28. The number of ether oxygens (including phenoxy) is 1. The fourth-order valence-corrected chi connectivity index (χ4v) is 0.930. The van der Waals surface area contributed by atoms with Crippen molar-refractivity contribution >= 4 is 17.3 Å². The first-order valence-electron chi connectivity index (χ1n) is 3.07. The van der Waals surface area contributed by atoms with E-state index in [0.29, 0.717) is 5.19 Å². The molecule has 1 aromatic heterocycles. The van der Waals surface area contributed by atoms with E-state index in [1.807, 2.05) is 0 Å². The van der Waals surface area contributed by atoms with E-state index in [4.69, 9.17) is 10.5 Å². The highest BCUT2D eigenvalue weighted by Crippen LogP contribution is 2.13. The van der Waals surface area contributed by atoms with E-state index in [1.54, 1.807) is 18.5 Å². The Balaban J connectivity index is 2.50. The maximum atomic E-state index is 10.8. The predicted octanol–water partition coefficient (Wildman–Crippen LogP) is 0.396. The quantitative estimate of drug-likeness (QED) is 0.655. The summed E-state index contributed by atoms with van der Waals surface area (Å²) in [6.07, 6.45) is 1.56. The summed E-state index contributed by atoms with van der Waals surface area (Å²) in [4.78, 5) is 14.6. The zero-order chi connectivity index (χ0) is 8.27. The molecule has 60 valence electrons. The van der Waals surface area contributed by atoms with Crippen molar-refractivity contribution < 1.29 is 9.53 Å². The Kier molecular flexibility index (Phi) is 2.56. The number of esters is 1. The average molecular weight is 172 g/mol. The summed E-state index contributed by atoms with van der Waals surface area (Å²) in [7, 11) is 0. The molecule has 0 bridgehead atoms. The van der Waals surface area contributed by atoms with Crippen LogP contribution in [0.15, 0.2) is 11.6 Å². The van der Waals surface area contributed by atoms with Gasteiger partial charge >= 0.3 is 5.97 Å². The summed E-state index contributed by atoms with van der Waals surface area (Å²) in [6, 6.07) is -0.598. The molecule has 0 aliphatic heterocycles. The van der Waals surface area contributed by atoms with Crippen molar-refractivity contribution in [2.24, 2.45) is 5.73 Å². The number of thiazole rings is 1. The minimum atomic E-state index is -0.598. The number of hydrogen-bond acceptors (Lipinski definition) is 5. The Labute approximate surface area is 68.0 Å². The highest BCUT2D eigenvalue weighted by molar-refractivity contribution is 7.11. The first-order valence-corrected chi connectivity index (χ1v) is 3.95. The number of nitrogens with zero attached hydrogens (tertiary/aromatic N) is 1. The summed E-state index contributed by atoms with van der Waals surface area (Å²) in [5.41, 5.74) is 5.25. The summed E-state index contributed by atoms with van der Waals surface area (Å²) < 4.78 is 4.76. The molecule has 0 spiro atoms. The van der Waals surface area contributed by atoms with Crippen molar-refractivity contribution in [3.8, 4) is 5.19 Å². The van der Waals surface area contributed by atoms with Crippen molar-refractivity contribution in [1.82, 2.24) is 4.98 Å². The zero-order valence-electron chi connectivity index (χ0n) is 5.98. The normalized spacial score (nSPS) is 12.5. The van der Waals surface area contributed by atoms with E-state index >= 15 is 0 Å². The third-order valence-corrected chi connectivity index (χ3v) is 1.62. The lowest BCUT2D eigenvalue weighted by Gasteiger charge is -2.01. The molecule has 0 fully saturated rings. The van der Waals surface area contributed by atoms with Crippen LogP contribution >= 0.6 is 11.3 Å². The van der Waals surface area contributed by atoms with Gasteiger partial charge < -0.3 is 10.5 Å². The van der Waals surface area contributed by atoms with Gasteiger partial charge in [0.05, 0.1) is 0 Å². The van der Waals surface area contributed by atoms with Gasteiger partial charge in [0.15, 0.2) is 0 Å². The van der Waals surface area contributed by atoms with Crippen molar-refractivity contribution in [3.63, 3.8) is 0 Å². The standard InChI is InChI=1S/C6H8N2O2S/c1-4(7)5(9)10-6-8-2-3-11-6/h2-4H,7H2,1H3/t4-/m0/s1. The summed E-state index contributed by atoms with van der Waals surface area (Å²) >= 11 is 1.26. The van der Waals surface area contributed by atoms with Crippen LogP contribution in [-0.4, -0.2) is 17.0 Å². The monoisotopic (exact) mass is 172 g/mol. The lowest BCUT2D eigenvalue weighted by Crippen LogP contribution is -2.30. The van der Waals surface area contributed by atoms with Crippen LogP contribution in [0.25, 0.3) is 0 Å². The molecule has 5 heteroatoms. The lowest BCUT2D eigenvalue weighted by molar-refractivity contribution is -0.135. The van der Waals surface area contributed by atoms with Crippen molar-refractivity contribution in [3.05, 3.63) is 11.6 Å².